The first kappa shape index (κ1) is 22.8. The van der Waals surface area contributed by atoms with Crippen molar-refractivity contribution in [1.82, 2.24) is 16.0 Å². The summed E-state index contributed by atoms with van der Waals surface area (Å²) in [5.74, 6) is -2.87. The van der Waals surface area contributed by atoms with E-state index in [0.717, 1.165) is 30.0 Å². The first-order valence-electron chi connectivity index (χ1n) is 9.69. The lowest BCUT2D eigenvalue weighted by molar-refractivity contribution is -0.125. The Bertz CT molecular complexity index is 1100. The number of thioether (sulfide) groups is 1. The van der Waals surface area contributed by atoms with Crippen molar-refractivity contribution >= 4 is 35.2 Å². The van der Waals surface area contributed by atoms with Gasteiger partial charge in [0.15, 0.2) is 23.1 Å². The normalized spacial score (nSPS) is 21.3. The van der Waals surface area contributed by atoms with Gasteiger partial charge >= 0.3 is 0 Å². The molecular weight excluding hydrogens is 460 g/mol. The molecule has 3 atom stereocenters. The monoisotopic (exact) mass is 479 g/mol. The molecule has 0 aliphatic carbocycles. The minimum absolute atomic E-state index is 0.00894. The van der Waals surface area contributed by atoms with E-state index in [1.165, 1.54) is 0 Å². The number of ether oxygens (including phenoxy) is 2. The van der Waals surface area contributed by atoms with Crippen molar-refractivity contribution in [2.45, 2.75) is 17.7 Å². The van der Waals surface area contributed by atoms with Crippen molar-refractivity contribution in [2.75, 3.05) is 17.9 Å². The second kappa shape index (κ2) is 9.60. The number of hydrogen-bond donors (Lipinski definition) is 5. The molecule has 10 nitrogen and oxygen atoms in total. The summed E-state index contributed by atoms with van der Waals surface area (Å²) in [4.78, 5) is 36.9. The number of fused-ring (bicyclic) bond motifs is 1. The number of carbonyl (C=O) groups excluding carboxylic acids is 3. The summed E-state index contributed by atoms with van der Waals surface area (Å²) in [7, 11) is 0. The maximum absolute atomic E-state index is 13.4. The fourth-order valence-electron chi connectivity index (χ4n) is 3.13. The molecule has 1 saturated heterocycles. The maximum Gasteiger partial charge on any atom is 0.252 e. The average Bonchev–Trinajstić information content (AvgIpc) is 3.24. The van der Waals surface area contributed by atoms with E-state index in [1.54, 1.807) is 18.2 Å². The summed E-state index contributed by atoms with van der Waals surface area (Å²) >= 11 is 1.08. The zero-order chi connectivity index (χ0) is 23.5. The molecule has 2 aliphatic rings. The number of hydrogen-bond acceptors (Lipinski definition) is 8. The predicted molar refractivity (Wildman–Crippen MR) is 114 cm³/mol. The lowest BCUT2D eigenvalue weighted by Crippen LogP contribution is -2.70. The zero-order valence-electron chi connectivity index (χ0n) is 16.9. The van der Waals surface area contributed by atoms with Gasteiger partial charge in [-0.1, -0.05) is 0 Å². The van der Waals surface area contributed by atoms with Gasteiger partial charge in [-0.25, -0.2) is 8.78 Å². The highest BCUT2D eigenvalue weighted by molar-refractivity contribution is 8.00. The summed E-state index contributed by atoms with van der Waals surface area (Å²) in [6.07, 6.45) is -0.984. The van der Waals surface area contributed by atoms with Gasteiger partial charge in [-0.3, -0.25) is 19.7 Å². The van der Waals surface area contributed by atoms with Crippen LogP contribution in [0.25, 0.3) is 0 Å². The van der Waals surface area contributed by atoms with Crippen LogP contribution in [0.1, 0.15) is 10.4 Å². The summed E-state index contributed by atoms with van der Waals surface area (Å²) in [6.45, 7) is 0.123. The van der Waals surface area contributed by atoms with E-state index >= 15 is 0 Å². The first-order valence-corrected chi connectivity index (χ1v) is 10.7. The van der Waals surface area contributed by atoms with Crippen LogP contribution in [-0.4, -0.2) is 48.0 Å². The Morgan fingerprint density at radius 3 is 2.67 bits per heavy atom. The molecule has 0 bridgehead atoms. The second-order valence-electron chi connectivity index (χ2n) is 7.09. The molecule has 3 unspecified atom stereocenters. The van der Waals surface area contributed by atoms with Crippen LogP contribution in [0.15, 0.2) is 36.4 Å². The van der Waals surface area contributed by atoms with Gasteiger partial charge in [0.1, 0.15) is 11.5 Å². The van der Waals surface area contributed by atoms with Crippen LogP contribution in [-0.2, 0) is 9.59 Å². The van der Waals surface area contributed by atoms with Gasteiger partial charge in [-0.2, -0.15) is 0 Å². The van der Waals surface area contributed by atoms with E-state index in [4.69, 9.17) is 15.2 Å². The first-order chi connectivity index (χ1) is 15.8. The van der Waals surface area contributed by atoms with Crippen molar-refractivity contribution < 1.29 is 32.6 Å². The smallest absolute Gasteiger partial charge is 0.252 e. The molecule has 2 aromatic rings. The Labute approximate surface area is 190 Å². The minimum atomic E-state index is -1.19. The third-order valence-electron chi connectivity index (χ3n) is 4.76. The molecule has 6 N–H and O–H groups in total. The van der Waals surface area contributed by atoms with Crippen LogP contribution in [0.2, 0.25) is 0 Å². The highest BCUT2D eigenvalue weighted by Crippen LogP contribution is 2.34. The number of benzene rings is 2. The number of anilines is 1. The molecule has 0 spiro atoms. The largest absolute Gasteiger partial charge is 0.454 e. The van der Waals surface area contributed by atoms with Crippen molar-refractivity contribution in [2.24, 2.45) is 5.73 Å². The highest BCUT2D eigenvalue weighted by Gasteiger charge is 2.35. The summed E-state index contributed by atoms with van der Waals surface area (Å²) in [5.41, 5.74) is 5.64. The van der Waals surface area contributed by atoms with Gasteiger partial charge in [-0.05, 0) is 30.3 Å². The number of halogens is 2. The summed E-state index contributed by atoms with van der Waals surface area (Å²) < 4.78 is 36.9. The fraction of sp³-hybridized carbons (Fsp3) is 0.250. The molecule has 2 aliphatic heterocycles. The number of carbonyl (C=O) groups is 3. The molecule has 2 aromatic carbocycles. The van der Waals surface area contributed by atoms with Gasteiger partial charge in [0.25, 0.3) is 5.91 Å². The predicted octanol–water partition coefficient (Wildman–Crippen LogP) is 0.452. The summed E-state index contributed by atoms with van der Waals surface area (Å²) in [5, 5.41) is 10.6. The Kier molecular flexibility index (Phi) is 6.62. The Morgan fingerprint density at radius 1 is 1.12 bits per heavy atom. The maximum atomic E-state index is 13.4. The van der Waals surface area contributed by atoms with Crippen LogP contribution in [0, 0.1) is 11.6 Å². The Morgan fingerprint density at radius 2 is 1.91 bits per heavy atom. The third kappa shape index (κ3) is 5.32. The van der Waals surface area contributed by atoms with Crippen LogP contribution >= 0.6 is 11.8 Å². The number of nitrogens with two attached hydrogens (primary N) is 1. The lowest BCUT2D eigenvalue weighted by atomic mass is 10.1. The van der Waals surface area contributed by atoms with Crippen LogP contribution in [0.3, 0.4) is 0 Å². The molecule has 0 radical (unpaired) electrons. The third-order valence-corrected chi connectivity index (χ3v) is 5.78. The topological polar surface area (TPSA) is 144 Å². The van der Waals surface area contributed by atoms with Crippen molar-refractivity contribution in [1.29, 1.82) is 0 Å². The fourth-order valence-corrected chi connectivity index (χ4v) is 3.98. The van der Waals surface area contributed by atoms with Gasteiger partial charge in [-0.15, -0.1) is 11.8 Å². The van der Waals surface area contributed by atoms with Gasteiger partial charge in [0.05, 0.1) is 11.9 Å². The highest BCUT2D eigenvalue weighted by atomic mass is 32.2. The van der Waals surface area contributed by atoms with Crippen molar-refractivity contribution in [3.63, 3.8) is 0 Å². The standard InChI is InChI=1S/C20H19F2N5O5S/c21-11-3-1-9(5-12(11)22)18(29)25-16-17(23)26-20(27-19(16)30)33-7-15(28)24-10-2-4-13-14(6-10)32-8-31-13/h1-6,16-17,20,26H,7-8,23H2,(H,24,28)(H,25,29)(H,27,30). The summed E-state index contributed by atoms with van der Waals surface area (Å²) in [6, 6.07) is 6.46. The van der Waals surface area contributed by atoms with Crippen LogP contribution < -0.4 is 36.5 Å². The molecule has 1 fully saturated rings. The molecular formula is C20H19F2N5O5S. The van der Waals surface area contributed by atoms with Crippen LogP contribution in [0.5, 0.6) is 11.5 Å². The van der Waals surface area contributed by atoms with Gasteiger partial charge < -0.3 is 31.2 Å². The van der Waals surface area contributed by atoms with Gasteiger partial charge in [0.2, 0.25) is 18.6 Å². The average molecular weight is 479 g/mol. The number of nitrogens with one attached hydrogen (secondary N) is 4. The molecule has 13 heteroatoms. The van der Waals surface area contributed by atoms with Crippen LogP contribution in [0.4, 0.5) is 14.5 Å². The van der Waals surface area contributed by atoms with E-state index in [9.17, 15) is 23.2 Å². The molecule has 0 aromatic heterocycles. The van der Waals surface area contributed by atoms with E-state index in [0.29, 0.717) is 17.2 Å². The van der Waals surface area contributed by atoms with E-state index in [2.05, 4.69) is 21.3 Å². The lowest BCUT2D eigenvalue weighted by Gasteiger charge is -2.35. The van der Waals surface area contributed by atoms with Crippen molar-refractivity contribution in [3.8, 4) is 11.5 Å². The Balaban J connectivity index is 1.27. The van der Waals surface area contributed by atoms with E-state index in [1.807, 2.05) is 0 Å². The molecule has 2 heterocycles. The molecule has 4 rings (SSSR count). The van der Waals surface area contributed by atoms with E-state index < -0.39 is 41.2 Å². The number of amides is 3. The van der Waals surface area contributed by atoms with Gasteiger partial charge in [0, 0.05) is 17.3 Å². The van der Waals surface area contributed by atoms with E-state index in [-0.39, 0.29) is 24.0 Å². The Hall–Kier alpha value is -3.42. The molecule has 3 amide bonds. The number of rotatable bonds is 6. The SMILES string of the molecule is NC1NC(SCC(=O)Nc2ccc3c(c2)OCO3)NC(=O)C1NC(=O)c1ccc(F)c(F)c1. The minimum Gasteiger partial charge on any atom is -0.454 e. The second-order valence-corrected chi connectivity index (χ2v) is 8.18. The molecule has 33 heavy (non-hydrogen) atoms. The zero-order valence-corrected chi connectivity index (χ0v) is 17.7. The quantitative estimate of drug-likeness (QED) is 0.402. The molecule has 0 saturated carbocycles. The van der Waals surface area contributed by atoms with Crippen molar-refractivity contribution in [3.05, 3.63) is 53.6 Å². The molecule has 174 valence electrons.